The van der Waals surface area contributed by atoms with E-state index in [-0.39, 0.29) is 23.4 Å². The SMILES string of the molecule is Cn1cnc(COc2nn3c(-c4ccc(F)cc4F)nnc3cc2C2(C)CCCCC2)n1. The highest BCUT2D eigenvalue weighted by atomic mass is 19.1. The van der Waals surface area contributed by atoms with Gasteiger partial charge in [-0.3, -0.25) is 4.68 Å². The van der Waals surface area contributed by atoms with Gasteiger partial charge in [-0.15, -0.1) is 15.3 Å². The normalized spacial score (nSPS) is 15.9. The number of rotatable bonds is 5. The van der Waals surface area contributed by atoms with Crippen molar-refractivity contribution >= 4 is 5.65 Å². The average molecular weight is 439 g/mol. The number of aryl methyl sites for hydroxylation is 1. The number of aromatic nitrogens is 7. The van der Waals surface area contributed by atoms with E-state index in [1.54, 1.807) is 18.1 Å². The fourth-order valence-corrected chi connectivity index (χ4v) is 4.38. The number of nitrogens with zero attached hydrogens (tertiary/aromatic N) is 7. The second-order valence-electron chi connectivity index (χ2n) is 8.53. The summed E-state index contributed by atoms with van der Waals surface area (Å²) in [5, 5.41) is 17.3. The molecule has 4 aromatic rings. The molecule has 0 aliphatic heterocycles. The predicted molar refractivity (Wildman–Crippen MR) is 112 cm³/mol. The second-order valence-corrected chi connectivity index (χ2v) is 8.53. The fourth-order valence-electron chi connectivity index (χ4n) is 4.38. The van der Waals surface area contributed by atoms with Gasteiger partial charge in [-0.2, -0.15) is 9.61 Å². The molecule has 3 heterocycles. The molecule has 5 rings (SSSR count). The van der Waals surface area contributed by atoms with Crippen LogP contribution in [0.4, 0.5) is 8.78 Å². The first kappa shape index (κ1) is 20.5. The maximum Gasteiger partial charge on any atom is 0.236 e. The van der Waals surface area contributed by atoms with Gasteiger partial charge < -0.3 is 4.74 Å². The van der Waals surface area contributed by atoms with Crippen molar-refractivity contribution in [3.05, 3.63) is 53.6 Å². The van der Waals surface area contributed by atoms with Crippen LogP contribution in [0.2, 0.25) is 0 Å². The summed E-state index contributed by atoms with van der Waals surface area (Å²) in [6, 6.07) is 5.24. The first-order valence-electron chi connectivity index (χ1n) is 10.6. The van der Waals surface area contributed by atoms with Crippen LogP contribution in [0.25, 0.3) is 17.0 Å². The molecule has 0 atom stereocenters. The molecule has 0 N–H and O–H groups in total. The Morgan fingerprint density at radius 2 is 1.88 bits per heavy atom. The molecule has 0 amide bonds. The van der Waals surface area contributed by atoms with E-state index in [0.29, 0.717) is 17.4 Å². The molecule has 3 aromatic heterocycles. The highest BCUT2D eigenvalue weighted by Crippen LogP contribution is 2.43. The summed E-state index contributed by atoms with van der Waals surface area (Å²) in [6.45, 7) is 2.35. The van der Waals surface area contributed by atoms with E-state index in [9.17, 15) is 8.78 Å². The van der Waals surface area contributed by atoms with E-state index in [2.05, 4.69) is 32.3 Å². The first-order chi connectivity index (χ1) is 15.4. The number of benzene rings is 1. The molecule has 0 unspecified atom stereocenters. The van der Waals surface area contributed by atoms with Crippen molar-refractivity contribution in [2.24, 2.45) is 7.05 Å². The first-order valence-corrected chi connectivity index (χ1v) is 10.6. The van der Waals surface area contributed by atoms with Crippen molar-refractivity contribution in [1.29, 1.82) is 0 Å². The van der Waals surface area contributed by atoms with Crippen molar-refractivity contribution in [2.45, 2.75) is 51.0 Å². The molecule has 1 saturated carbocycles. The smallest absolute Gasteiger partial charge is 0.236 e. The quantitative estimate of drug-likeness (QED) is 0.468. The van der Waals surface area contributed by atoms with Gasteiger partial charge in [0.2, 0.25) is 5.88 Å². The minimum Gasteiger partial charge on any atom is -0.468 e. The summed E-state index contributed by atoms with van der Waals surface area (Å²) in [4.78, 5) is 4.21. The lowest BCUT2D eigenvalue weighted by Crippen LogP contribution is -2.27. The molecular formula is C22H23F2N7O. The van der Waals surface area contributed by atoms with E-state index in [1.165, 1.54) is 23.1 Å². The zero-order chi connectivity index (χ0) is 22.3. The summed E-state index contributed by atoms with van der Waals surface area (Å²) >= 11 is 0. The molecule has 8 nitrogen and oxygen atoms in total. The fraction of sp³-hybridized carbons (Fsp3) is 0.409. The van der Waals surface area contributed by atoms with E-state index in [4.69, 9.17) is 4.74 Å². The Labute approximate surface area is 183 Å². The van der Waals surface area contributed by atoms with Crippen LogP contribution in [0.5, 0.6) is 5.88 Å². The Morgan fingerprint density at radius 3 is 2.59 bits per heavy atom. The Morgan fingerprint density at radius 1 is 1.06 bits per heavy atom. The molecule has 0 spiro atoms. The van der Waals surface area contributed by atoms with E-state index >= 15 is 0 Å². The molecule has 1 aliphatic rings. The van der Waals surface area contributed by atoms with Crippen LogP contribution in [-0.4, -0.2) is 34.6 Å². The van der Waals surface area contributed by atoms with Crippen LogP contribution >= 0.6 is 0 Å². The van der Waals surface area contributed by atoms with Gasteiger partial charge in [0.15, 0.2) is 23.9 Å². The standard InChI is InChI=1S/C22H23F2N7O/c1-22(8-4-3-5-9-22)16-11-19-26-27-20(15-7-6-14(23)10-17(15)24)31(19)29-21(16)32-12-18-25-13-30(2)28-18/h6-7,10-11,13H,3-5,8-9,12H2,1-2H3. The molecule has 0 saturated heterocycles. The van der Waals surface area contributed by atoms with Gasteiger partial charge in [0.25, 0.3) is 0 Å². The monoisotopic (exact) mass is 439 g/mol. The number of fused-ring (bicyclic) bond motifs is 1. The van der Waals surface area contributed by atoms with Gasteiger partial charge in [0.1, 0.15) is 18.0 Å². The second kappa shape index (κ2) is 7.92. The Bertz CT molecular complexity index is 1280. The molecule has 0 radical (unpaired) electrons. The summed E-state index contributed by atoms with van der Waals surface area (Å²) < 4.78 is 37.0. The van der Waals surface area contributed by atoms with Crippen LogP contribution in [-0.2, 0) is 19.1 Å². The topological polar surface area (TPSA) is 83.0 Å². The van der Waals surface area contributed by atoms with E-state index in [1.807, 2.05) is 6.07 Å². The van der Waals surface area contributed by atoms with Gasteiger partial charge >= 0.3 is 0 Å². The van der Waals surface area contributed by atoms with Gasteiger partial charge in [-0.25, -0.2) is 13.8 Å². The highest BCUT2D eigenvalue weighted by Gasteiger charge is 2.34. The molecule has 1 fully saturated rings. The maximum absolute atomic E-state index is 14.4. The number of ether oxygens (including phenoxy) is 1. The summed E-state index contributed by atoms with van der Waals surface area (Å²) in [5.74, 6) is -0.267. The molecular weight excluding hydrogens is 416 g/mol. The number of hydrogen-bond donors (Lipinski definition) is 0. The van der Waals surface area contributed by atoms with E-state index in [0.717, 1.165) is 37.3 Å². The lowest BCUT2D eigenvalue weighted by Gasteiger charge is -2.34. The van der Waals surface area contributed by atoms with Crippen molar-refractivity contribution in [3.8, 4) is 17.3 Å². The highest BCUT2D eigenvalue weighted by molar-refractivity contribution is 5.60. The van der Waals surface area contributed by atoms with Crippen molar-refractivity contribution < 1.29 is 13.5 Å². The predicted octanol–water partition coefficient (Wildman–Crippen LogP) is 4.00. The van der Waals surface area contributed by atoms with Gasteiger partial charge in [-0.1, -0.05) is 26.2 Å². The van der Waals surface area contributed by atoms with Crippen LogP contribution in [0.3, 0.4) is 0 Å². The zero-order valence-corrected chi connectivity index (χ0v) is 17.9. The third-order valence-corrected chi connectivity index (χ3v) is 6.12. The third kappa shape index (κ3) is 3.69. The Hall–Kier alpha value is -3.43. The number of hydrogen-bond acceptors (Lipinski definition) is 6. The van der Waals surface area contributed by atoms with Crippen LogP contribution in [0, 0.1) is 11.6 Å². The molecule has 32 heavy (non-hydrogen) atoms. The van der Waals surface area contributed by atoms with Crippen LogP contribution in [0.15, 0.2) is 30.6 Å². The zero-order valence-electron chi connectivity index (χ0n) is 17.9. The van der Waals surface area contributed by atoms with Crippen molar-refractivity contribution in [1.82, 2.24) is 34.6 Å². The molecule has 1 aliphatic carbocycles. The van der Waals surface area contributed by atoms with Crippen molar-refractivity contribution in [3.63, 3.8) is 0 Å². The number of halogens is 2. The van der Waals surface area contributed by atoms with Gasteiger partial charge in [0.05, 0.1) is 5.56 Å². The Balaban J connectivity index is 1.61. The van der Waals surface area contributed by atoms with E-state index < -0.39 is 11.6 Å². The third-order valence-electron chi connectivity index (χ3n) is 6.12. The minimum absolute atomic E-state index is 0.111. The summed E-state index contributed by atoms with van der Waals surface area (Å²) in [7, 11) is 1.79. The van der Waals surface area contributed by atoms with Crippen LogP contribution in [0.1, 0.15) is 50.4 Å². The minimum atomic E-state index is -0.732. The largest absolute Gasteiger partial charge is 0.468 e. The molecule has 0 bridgehead atoms. The molecule has 1 aromatic carbocycles. The Kier molecular flexibility index (Phi) is 5.07. The maximum atomic E-state index is 14.4. The summed E-state index contributed by atoms with van der Waals surface area (Å²) in [5.41, 5.74) is 1.42. The van der Waals surface area contributed by atoms with Gasteiger partial charge in [-0.05, 0) is 36.5 Å². The molecule has 166 valence electrons. The lowest BCUT2D eigenvalue weighted by molar-refractivity contribution is 0.253. The molecule has 10 heteroatoms. The van der Waals surface area contributed by atoms with Gasteiger partial charge in [0, 0.05) is 18.7 Å². The lowest BCUT2D eigenvalue weighted by atomic mass is 9.71. The summed E-state index contributed by atoms with van der Waals surface area (Å²) in [6.07, 6.45) is 7.09. The average Bonchev–Trinajstić information content (AvgIpc) is 3.38. The van der Waals surface area contributed by atoms with Crippen molar-refractivity contribution in [2.75, 3.05) is 0 Å². The van der Waals surface area contributed by atoms with Crippen LogP contribution < -0.4 is 4.74 Å².